The summed E-state index contributed by atoms with van der Waals surface area (Å²) in [5, 5.41) is 16.5. The molecule has 1 aromatic rings. The van der Waals surface area contributed by atoms with Gasteiger partial charge in [-0.15, -0.1) is 0 Å². The van der Waals surface area contributed by atoms with Crippen molar-refractivity contribution < 1.29 is 9.90 Å². The topological polar surface area (TPSA) is 61.4 Å². The van der Waals surface area contributed by atoms with E-state index in [9.17, 15) is 9.90 Å². The number of carbonyl (C=O) groups excluding carboxylic acids is 1. The number of benzene rings is 1. The van der Waals surface area contributed by atoms with Crippen LogP contribution in [0.15, 0.2) is 24.3 Å². The van der Waals surface area contributed by atoms with Gasteiger partial charge in [0.05, 0.1) is 5.60 Å². The van der Waals surface area contributed by atoms with Gasteiger partial charge in [0.2, 0.25) is 0 Å². The van der Waals surface area contributed by atoms with E-state index in [1.807, 2.05) is 0 Å². The third kappa shape index (κ3) is 4.69. The Morgan fingerprint density at radius 3 is 2.35 bits per heavy atom. The molecule has 1 aliphatic rings. The summed E-state index contributed by atoms with van der Waals surface area (Å²) in [4.78, 5) is 11.8. The van der Waals surface area contributed by atoms with Gasteiger partial charge in [0.1, 0.15) is 0 Å². The molecule has 110 valence electrons. The van der Waals surface area contributed by atoms with Crippen molar-refractivity contribution >= 4 is 23.3 Å². The molecule has 0 bridgehead atoms. The first-order valence-electron chi connectivity index (χ1n) is 7.10. The summed E-state index contributed by atoms with van der Waals surface area (Å²) in [7, 11) is 0. The van der Waals surface area contributed by atoms with Crippen molar-refractivity contribution in [2.24, 2.45) is 0 Å². The number of hydrogen-bond donors (Lipinski definition) is 3. The van der Waals surface area contributed by atoms with E-state index in [1.165, 1.54) is 12.8 Å². The first-order valence-corrected chi connectivity index (χ1v) is 7.48. The van der Waals surface area contributed by atoms with Crippen molar-refractivity contribution in [2.45, 2.75) is 44.1 Å². The van der Waals surface area contributed by atoms with Crippen LogP contribution in [0.5, 0.6) is 0 Å². The second kappa shape index (κ2) is 6.95. The molecular weight excluding hydrogens is 276 g/mol. The number of hydrogen-bond acceptors (Lipinski definition) is 2. The second-order valence-electron chi connectivity index (χ2n) is 5.45. The van der Waals surface area contributed by atoms with E-state index in [0.717, 1.165) is 25.7 Å². The van der Waals surface area contributed by atoms with Gasteiger partial charge in [0, 0.05) is 17.3 Å². The second-order valence-corrected chi connectivity index (χ2v) is 5.89. The van der Waals surface area contributed by atoms with Gasteiger partial charge in [-0.25, -0.2) is 4.79 Å². The van der Waals surface area contributed by atoms with Crippen molar-refractivity contribution in [1.29, 1.82) is 0 Å². The largest absolute Gasteiger partial charge is 0.388 e. The Morgan fingerprint density at radius 2 is 1.75 bits per heavy atom. The quantitative estimate of drug-likeness (QED) is 0.747. The van der Waals surface area contributed by atoms with Gasteiger partial charge >= 0.3 is 6.03 Å². The molecule has 0 radical (unpaired) electrons. The summed E-state index contributed by atoms with van der Waals surface area (Å²) in [6, 6.07) is 6.61. The standard InChI is InChI=1S/C15H21ClN2O2/c16-12-5-7-13(8-6-12)18-14(19)17-11-15(20)9-3-1-2-4-10-15/h5-8,20H,1-4,9-11H2,(H2,17,18,19). The van der Waals surface area contributed by atoms with Gasteiger partial charge in [-0.05, 0) is 37.1 Å². The zero-order chi connectivity index (χ0) is 14.4. The maximum Gasteiger partial charge on any atom is 0.319 e. The van der Waals surface area contributed by atoms with Gasteiger partial charge in [-0.3, -0.25) is 0 Å². The van der Waals surface area contributed by atoms with Crippen LogP contribution in [0.4, 0.5) is 10.5 Å². The Labute approximate surface area is 124 Å². The fraction of sp³-hybridized carbons (Fsp3) is 0.533. The molecule has 1 aliphatic carbocycles. The Balaban J connectivity index is 1.80. The minimum Gasteiger partial charge on any atom is -0.388 e. The molecule has 5 heteroatoms. The molecule has 0 atom stereocenters. The van der Waals surface area contributed by atoms with Crippen LogP contribution < -0.4 is 10.6 Å². The molecule has 1 aromatic carbocycles. The average Bonchev–Trinajstić information content (AvgIpc) is 2.65. The fourth-order valence-electron chi connectivity index (χ4n) is 2.52. The van der Waals surface area contributed by atoms with Gasteiger partial charge in [-0.1, -0.05) is 37.3 Å². The van der Waals surface area contributed by atoms with Crippen LogP contribution in [0.1, 0.15) is 38.5 Å². The number of halogens is 1. The van der Waals surface area contributed by atoms with Crippen LogP contribution >= 0.6 is 11.6 Å². The van der Waals surface area contributed by atoms with E-state index in [1.54, 1.807) is 24.3 Å². The van der Waals surface area contributed by atoms with Crippen molar-refractivity contribution in [3.8, 4) is 0 Å². The maximum absolute atomic E-state index is 11.8. The van der Waals surface area contributed by atoms with Gasteiger partial charge in [0.25, 0.3) is 0 Å². The highest BCUT2D eigenvalue weighted by Crippen LogP contribution is 2.26. The summed E-state index contributed by atoms with van der Waals surface area (Å²) in [6.45, 7) is 0.298. The highest BCUT2D eigenvalue weighted by molar-refractivity contribution is 6.30. The Bertz CT molecular complexity index is 440. The number of amides is 2. The van der Waals surface area contributed by atoms with Crippen LogP contribution in [0.2, 0.25) is 5.02 Å². The Hall–Kier alpha value is -1.26. The lowest BCUT2D eigenvalue weighted by atomic mass is 9.95. The molecule has 20 heavy (non-hydrogen) atoms. The van der Waals surface area contributed by atoms with Crippen LogP contribution in [0.25, 0.3) is 0 Å². The third-order valence-corrected chi connectivity index (χ3v) is 3.97. The Kier molecular flexibility index (Phi) is 5.26. The van der Waals surface area contributed by atoms with Crippen molar-refractivity contribution in [2.75, 3.05) is 11.9 Å². The SMILES string of the molecule is O=C(NCC1(O)CCCCCC1)Nc1ccc(Cl)cc1. The van der Waals surface area contributed by atoms with E-state index in [0.29, 0.717) is 17.3 Å². The zero-order valence-corrected chi connectivity index (χ0v) is 12.2. The fourth-order valence-corrected chi connectivity index (χ4v) is 2.64. The first kappa shape index (κ1) is 15.1. The van der Waals surface area contributed by atoms with Gasteiger partial charge < -0.3 is 15.7 Å². The van der Waals surface area contributed by atoms with E-state index in [-0.39, 0.29) is 6.03 Å². The molecule has 2 amide bonds. The highest BCUT2D eigenvalue weighted by atomic mass is 35.5. The molecule has 0 unspecified atom stereocenters. The molecular formula is C15H21ClN2O2. The predicted octanol–water partition coefficient (Wildman–Crippen LogP) is 3.55. The summed E-state index contributed by atoms with van der Waals surface area (Å²) in [5.74, 6) is 0. The van der Waals surface area contributed by atoms with Crippen molar-refractivity contribution in [3.63, 3.8) is 0 Å². The highest BCUT2D eigenvalue weighted by Gasteiger charge is 2.28. The summed E-state index contributed by atoms with van der Waals surface area (Å²) in [6.07, 6.45) is 5.90. The first-order chi connectivity index (χ1) is 9.57. The molecule has 2 rings (SSSR count). The van der Waals surface area contributed by atoms with E-state index >= 15 is 0 Å². The maximum atomic E-state index is 11.8. The normalized spacial score (nSPS) is 18.1. The zero-order valence-electron chi connectivity index (χ0n) is 11.5. The van der Waals surface area contributed by atoms with Crippen molar-refractivity contribution in [1.82, 2.24) is 5.32 Å². The molecule has 0 saturated heterocycles. The third-order valence-electron chi connectivity index (χ3n) is 3.71. The molecule has 0 heterocycles. The molecule has 1 fully saturated rings. The lowest BCUT2D eigenvalue weighted by Gasteiger charge is -2.26. The lowest BCUT2D eigenvalue weighted by Crippen LogP contribution is -2.44. The van der Waals surface area contributed by atoms with E-state index < -0.39 is 5.60 Å². The smallest absolute Gasteiger partial charge is 0.319 e. The average molecular weight is 297 g/mol. The number of nitrogens with one attached hydrogen (secondary N) is 2. The molecule has 0 aromatic heterocycles. The molecule has 3 N–H and O–H groups in total. The number of aliphatic hydroxyl groups is 1. The molecule has 1 saturated carbocycles. The van der Waals surface area contributed by atoms with Crippen LogP contribution in [0.3, 0.4) is 0 Å². The van der Waals surface area contributed by atoms with Crippen molar-refractivity contribution in [3.05, 3.63) is 29.3 Å². The van der Waals surface area contributed by atoms with Gasteiger partial charge in [-0.2, -0.15) is 0 Å². The number of carbonyl (C=O) groups is 1. The van der Waals surface area contributed by atoms with E-state index in [2.05, 4.69) is 10.6 Å². The lowest BCUT2D eigenvalue weighted by molar-refractivity contribution is 0.0281. The number of anilines is 1. The summed E-state index contributed by atoms with van der Waals surface area (Å²) >= 11 is 5.78. The van der Waals surface area contributed by atoms with E-state index in [4.69, 9.17) is 11.6 Å². The minimum atomic E-state index is -0.756. The van der Waals surface area contributed by atoms with Crippen LogP contribution in [0, 0.1) is 0 Å². The van der Waals surface area contributed by atoms with Crippen LogP contribution in [-0.4, -0.2) is 23.3 Å². The van der Waals surface area contributed by atoms with Gasteiger partial charge in [0.15, 0.2) is 0 Å². The summed E-state index contributed by atoms with van der Waals surface area (Å²) in [5.41, 5.74) is -0.0758. The predicted molar refractivity (Wildman–Crippen MR) is 81.1 cm³/mol. The molecule has 4 nitrogen and oxygen atoms in total. The summed E-state index contributed by atoms with van der Waals surface area (Å²) < 4.78 is 0. The monoisotopic (exact) mass is 296 g/mol. The molecule has 0 spiro atoms. The minimum absolute atomic E-state index is 0.298. The number of rotatable bonds is 3. The number of urea groups is 1. The Morgan fingerprint density at radius 1 is 1.15 bits per heavy atom. The molecule has 0 aliphatic heterocycles. The van der Waals surface area contributed by atoms with Crippen LogP contribution in [-0.2, 0) is 0 Å².